The fourth-order valence-electron chi connectivity index (χ4n) is 2.38. The minimum absolute atomic E-state index is 0.0998. The van der Waals surface area contributed by atoms with E-state index >= 15 is 0 Å². The van der Waals surface area contributed by atoms with Gasteiger partial charge in [0.15, 0.2) is 12.1 Å². The zero-order chi connectivity index (χ0) is 19.7. The molecule has 0 aliphatic heterocycles. The van der Waals surface area contributed by atoms with Gasteiger partial charge in [0.2, 0.25) is 5.91 Å². The third-order valence-corrected chi connectivity index (χ3v) is 4.35. The van der Waals surface area contributed by atoms with Crippen molar-refractivity contribution in [1.29, 1.82) is 0 Å². The summed E-state index contributed by atoms with van der Waals surface area (Å²) in [6, 6.07) is 2.19. The summed E-state index contributed by atoms with van der Waals surface area (Å²) < 4.78 is 0. The Morgan fingerprint density at radius 1 is 1.35 bits per heavy atom. The molecule has 0 aliphatic rings. The first-order valence-corrected chi connectivity index (χ1v) is 8.84. The monoisotopic (exact) mass is 366 g/mol. The molecule has 0 radical (unpaired) electrons. The number of aliphatic hydroxyl groups is 2. The fourth-order valence-corrected chi connectivity index (χ4v) is 2.38. The number of ketones is 1. The third-order valence-electron chi connectivity index (χ3n) is 4.35. The molecule has 26 heavy (non-hydrogen) atoms. The van der Waals surface area contributed by atoms with E-state index in [2.05, 4.69) is 4.98 Å². The quantitative estimate of drug-likeness (QED) is 0.232. The van der Waals surface area contributed by atoms with E-state index in [0.717, 1.165) is 0 Å². The molecule has 1 aromatic heterocycles. The number of nitrogens with zero attached hydrogens (tertiary/aromatic N) is 2. The first-order chi connectivity index (χ1) is 12.3. The van der Waals surface area contributed by atoms with E-state index in [-0.39, 0.29) is 36.2 Å². The van der Waals surface area contributed by atoms with Crippen LogP contribution in [-0.2, 0) is 11.3 Å². The molecule has 0 fully saturated rings. The van der Waals surface area contributed by atoms with Crippen LogP contribution in [0.25, 0.3) is 0 Å². The minimum Gasteiger partial charge on any atom is -0.756 e. The molecular weight excluding hydrogens is 338 g/mol. The van der Waals surface area contributed by atoms with Gasteiger partial charge in [0.25, 0.3) is 0 Å². The molecule has 0 aliphatic carbocycles. The highest BCUT2D eigenvalue weighted by atomic mass is 16.5. The topological polar surface area (TPSA) is 140 Å². The third kappa shape index (κ3) is 7.17. The summed E-state index contributed by atoms with van der Waals surface area (Å²) in [4.78, 5) is 28.3. The first-order valence-electron chi connectivity index (χ1n) is 8.84. The lowest BCUT2D eigenvalue weighted by Gasteiger charge is -2.32. The second-order valence-electron chi connectivity index (χ2n) is 6.47. The van der Waals surface area contributed by atoms with Crippen LogP contribution in [-0.4, -0.2) is 44.3 Å². The Hall–Kier alpha value is -1.87. The molecule has 4 N–H and O–H groups in total. The fraction of sp³-hybridized carbons (Fsp3) is 0.611. The zero-order valence-electron chi connectivity index (χ0n) is 15.3. The number of aliphatic hydroxyl groups excluding tert-OH is 1. The lowest BCUT2D eigenvalue weighted by atomic mass is 9.99. The van der Waals surface area contributed by atoms with Gasteiger partial charge in [-0.05, 0) is 37.3 Å². The van der Waals surface area contributed by atoms with E-state index in [4.69, 9.17) is 15.9 Å². The number of aromatic nitrogens is 1. The second-order valence-corrected chi connectivity index (χ2v) is 6.47. The number of Topliss-reactive ketones (excluding diaryl/α,β-unsaturated/α-hetero) is 1. The smallest absolute Gasteiger partial charge is 0.229 e. The molecule has 0 saturated heterocycles. The number of unbranched alkanes of at least 4 members (excludes halogenated alkanes) is 1. The molecule has 0 unspecified atom stereocenters. The number of hydrogen-bond donors (Lipinski definition) is 3. The summed E-state index contributed by atoms with van der Waals surface area (Å²) in [5.74, 6) is -0.918. The molecule has 0 aromatic carbocycles. The molecule has 1 aromatic rings. The number of carbonyl (C=O) groups is 2. The normalized spacial score (nSPS) is 13.5. The Labute approximate surface area is 153 Å². The number of hydroxylamine groups is 2. The Morgan fingerprint density at radius 3 is 2.65 bits per heavy atom. The van der Waals surface area contributed by atoms with E-state index in [1.54, 1.807) is 6.07 Å². The van der Waals surface area contributed by atoms with Crippen LogP contribution in [0, 0.1) is 11.1 Å². The maximum absolute atomic E-state index is 12.2. The van der Waals surface area contributed by atoms with Crippen LogP contribution < -0.4 is 5.73 Å². The largest absolute Gasteiger partial charge is 0.756 e. The standard InChI is InChI=1S/C18H28N3O5/c1-3-12(2)17(19)18(25)21(26)11-14-10-13(8-9-20-14)15(22)6-4-5-7-16(23)24/h8-10,12,16-17,23-24H,3-7,11,19H2,1-2H3/q-1/t12-,17-/m0/s1. The van der Waals surface area contributed by atoms with Crippen molar-refractivity contribution in [2.75, 3.05) is 0 Å². The maximum atomic E-state index is 12.2. The molecule has 2 atom stereocenters. The van der Waals surface area contributed by atoms with Gasteiger partial charge in [0, 0.05) is 18.2 Å². The van der Waals surface area contributed by atoms with E-state index in [0.29, 0.717) is 30.5 Å². The average molecular weight is 366 g/mol. The van der Waals surface area contributed by atoms with Crippen molar-refractivity contribution in [2.24, 2.45) is 11.7 Å². The maximum Gasteiger partial charge on any atom is 0.229 e. The lowest BCUT2D eigenvalue weighted by molar-refractivity contribution is -0.131. The Morgan fingerprint density at radius 2 is 2.04 bits per heavy atom. The summed E-state index contributed by atoms with van der Waals surface area (Å²) in [5.41, 5.74) is 6.52. The van der Waals surface area contributed by atoms with Gasteiger partial charge in [0.1, 0.15) is 0 Å². The molecule has 146 valence electrons. The predicted octanol–water partition coefficient (Wildman–Crippen LogP) is 1.34. The summed E-state index contributed by atoms with van der Waals surface area (Å²) in [5, 5.41) is 29.9. The van der Waals surface area contributed by atoms with E-state index in [1.807, 2.05) is 13.8 Å². The Kier molecular flexibility index (Phi) is 9.36. The molecule has 0 spiro atoms. The van der Waals surface area contributed by atoms with Crippen molar-refractivity contribution >= 4 is 11.7 Å². The predicted molar refractivity (Wildman–Crippen MR) is 96.6 cm³/mol. The van der Waals surface area contributed by atoms with Crippen molar-refractivity contribution in [3.8, 4) is 0 Å². The number of rotatable bonds is 11. The summed E-state index contributed by atoms with van der Waals surface area (Å²) >= 11 is 0. The van der Waals surface area contributed by atoms with Gasteiger partial charge in [-0.3, -0.25) is 14.6 Å². The van der Waals surface area contributed by atoms with Crippen molar-refractivity contribution in [1.82, 2.24) is 10.0 Å². The zero-order valence-corrected chi connectivity index (χ0v) is 15.3. The van der Waals surface area contributed by atoms with E-state index < -0.39 is 18.2 Å². The molecule has 8 heteroatoms. The van der Waals surface area contributed by atoms with Crippen molar-refractivity contribution in [2.45, 2.75) is 64.8 Å². The number of carbonyl (C=O) groups excluding carboxylic acids is 2. The molecule has 1 rings (SSSR count). The van der Waals surface area contributed by atoms with Gasteiger partial charge in [0.05, 0.1) is 18.3 Å². The van der Waals surface area contributed by atoms with Crippen molar-refractivity contribution in [3.63, 3.8) is 0 Å². The average Bonchev–Trinajstić information content (AvgIpc) is 2.63. The molecule has 0 saturated carbocycles. The van der Waals surface area contributed by atoms with Gasteiger partial charge < -0.3 is 26.2 Å². The number of nitrogens with two attached hydrogens (primary N) is 1. The number of amides is 1. The van der Waals surface area contributed by atoms with Crippen LogP contribution in [0.5, 0.6) is 0 Å². The van der Waals surface area contributed by atoms with Crippen LogP contribution in [0.2, 0.25) is 0 Å². The van der Waals surface area contributed by atoms with Gasteiger partial charge >= 0.3 is 0 Å². The van der Waals surface area contributed by atoms with E-state index in [1.165, 1.54) is 12.3 Å². The highest BCUT2D eigenvalue weighted by Gasteiger charge is 2.21. The van der Waals surface area contributed by atoms with Crippen LogP contribution in [0.4, 0.5) is 0 Å². The highest BCUT2D eigenvalue weighted by Crippen LogP contribution is 2.13. The summed E-state index contributed by atoms with van der Waals surface area (Å²) in [7, 11) is 0. The van der Waals surface area contributed by atoms with Crippen LogP contribution in [0.1, 0.15) is 62.0 Å². The van der Waals surface area contributed by atoms with Gasteiger partial charge in [-0.15, -0.1) is 0 Å². The minimum atomic E-state index is -1.36. The summed E-state index contributed by atoms with van der Waals surface area (Å²) in [6.07, 6.45) is 2.29. The highest BCUT2D eigenvalue weighted by molar-refractivity contribution is 5.96. The SMILES string of the molecule is CC[C@H](C)[C@H](N)C(=O)N([O-])Cc1cc(C(=O)CCCCC(O)O)ccn1. The van der Waals surface area contributed by atoms with Crippen LogP contribution in [0.3, 0.4) is 0 Å². The first kappa shape index (κ1) is 22.2. The second kappa shape index (κ2) is 11.0. The van der Waals surface area contributed by atoms with Gasteiger partial charge in [-0.25, -0.2) is 0 Å². The van der Waals surface area contributed by atoms with Gasteiger partial charge in [-0.1, -0.05) is 20.3 Å². The van der Waals surface area contributed by atoms with E-state index in [9.17, 15) is 14.8 Å². The lowest BCUT2D eigenvalue weighted by Crippen LogP contribution is -2.44. The Bertz CT molecular complexity index is 594. The number of hydrogen-bond acceptors (Lipinski definition) is 7. The van der Waals surface area contributed by atoms with Crippen LogP contribution in [0.15, 0.2) is 18.3 Å². The molecule has 1 amide bonds. The Balaban J connectivity index is 2.63. The number of pyridine rings is 1. The van der Waals surface area contributed by atoms with Gasteiger partial charge in [-0.2, -0.15) is 0 Å². The van der Waals surface area contributed by atoms with Crippen molar-refractivity contribution in [3.05, 3.63) is 34.8 Å². The van der Waals surface area contributed by atoms with Crippen molar-refractivity contribution < 1.29 is 19.8 Å². The summed E-state index contributed by atoms with van der Waals surface area (Å²) in [6.45, 7) is 3.44. The molecule has 0 bridgehead atoms. The molecule has 1 heterocycles. The molecular formula is C18H28N3O5-. The van der Waals surface area contributed by atoms with Crippen LogP contribution >= 0.6 is 0 Å². The molecule has 8 nitrogen and oxygen atoms in total.